The van der Waals surface area contributed by atoms with E-state index in [0.717, 1.165) is 41.5 Å². The number of hydrogen-bond donors (Lipinski definition) is 5. The number of ether oxygens (including phenoxy) is 1. The van der Waals surface area contributed by atoms with E-state index in [1.165, 1.54) is 0 Å². The summed E-state index contributed by atoms with van der Waals surface area (Å²) in [7, 11) is 0. The molecule has 1 aromatic carbocycles. The van der Waals surface area contributed by atoms with Gasteiger partial charge in [-0.05, 0) is 18.2 Å². The monoisotopic (exact) mass is 583 g/mol. The lowest BCUT2D eigenvalue weighted by atomic mass is 10.1. The average molecular weight is 583 g/mol. The molecule has 6 N–H and O–H groups in total. The third-order valence-electron chi connectivity index (χ3n) is 3.68. The molecule has 19 heteroatoms. The van der Waals surface area contributed by atoms with Crippen LogP contribution in [0.15, 0.2) is 36.4 Å². The predicted octanol–water partition coefficient (Wildman–Crippen LogP) is 3.71. The number of nitrogens with two attached hydrogens (primary N) is 1. The fraction of sp³-hybridized carbons (Fsp3) is 0.300. The lowest BCUT2D eigenvalue weighted by molar-refractivity contribution is -0.193. The van der Waals surface area contributed by atoms with Crippen LogP contribution in [0.4, 0.5) is 45.2 Å². The van der Waals surface area contributed by atoms with Crippen molar-refractivity contribution in [1.29, 1.82) is 0 Å². The number of alkyl halides is 9. The number of hydrogen-bond acceptors (Lipinski definition) is 7. The molecular formula is C20H18F9N3O7. The molecule has 0 saturated heterocycles. The summed E-state index contributed by atoms with van der Waals surface area (Å²) in [5, 5.41) is 24.7. The Bertz CT molecular complexity index is 1060. The largest absolute Gasteiger partial charge is 0.490 e. The zero-order chi connectivity index (χ0) is 30.6. The van der Waals surface area contributed by atoms with E-state index in [1.54, 1.807) is 0 Å². The van der Waals surface area contributed by atoms with Crippen molar-refractivity contribution in [2.75, 3.05) is 18.9 Å². The van der Waals surface area contributed by atoms with Crippen molar-refractivity contribution in [2.24, 2.45) is 0 Å². The van der Waals surface area contributed by atoms with E-state index in [1.807, 2.05) is 30.3 Å². The molecule has 218 valence electrons. The summed E-state index contributed by atoms with van der Waals surface area (Å²) in [4.78, 5) is 31.3. The molecule has 2 heterocycles. The number of aromatic nitrogens is 1. The van der Waals surface area contributed by atoms with E-state index >= 15 is 0 Å². The second kappa shape index (κ2) is 14.6. The van der Waals surface area contributed by atoms with Crippen LogP contribution >= 0.6 is 0 Å². The molecule has 1 aliphatic heterocycles. The molecule has 0 unspecified atom stereocenters. The quantitative estimate of drug-likeness (QED) is 0.246. The minimum Gasteiger partial charge on any atom is -0.476 e. The lowest BCUT2D eigenvalue weighted by Gasteiger charge is -2.08. The second-order valence-corrected chi connectivity index (χ2v) is 6.72. The van der Waals surface area contributed by atoms with Crippen LogP contribution in [0.2, 0.25) is 0 Å². The van der Waals surface area contributed by atoms with Crippen molar-refractivity contribution >= 4 is 23.6 Å². The molecule has 0 saturated carbocycles. The first-order valence-electron chi connectivity index (χ1n) is 9.76. The summed E-state index contributed by atoms with van der Waals surface area (Å²) < 4.78 is 101. The van der Waals surface area contributed by atoms with Gasteiger partial charge in [0, 0.05) is 29.9 Å². The van der Waals surface area contributed by atoms with Gasteiger partial charge in [-0.3, -0.25) is 0 Å². The van der Waals surface area contributed by atoms with Gasteiger partial charge in [0.05, 0.1) is 5.69 Å². The highest BCUT2D eigenvalue weighted by Crippen LogP contribution is 2.25. The molecule has 0 atom stereocenters. The summed E-state index contributed by atoms with van der Waals surface area (Å²) in [6.45, 7) is 2.31. The van der Waals surface area contributed by atoms with Crippen LogP contribution in [-0.2, 0) is 20.9 Å². The van der Waals surface area contributed by atoms with Crippen LogP contribution in [0.3, 0.4) is 0 Å². The fourth-order valence-electron chi connectivity index (χ4n) is 2.03. The first kappa shape index (κ1) is 34.7. The van der Waals surface area contributed by atoms with Gasteiger partial charge in [-0.2, -0.15) is 39.5 Å². The van der Waals surface area contributed by atoms with Crippen LogP contribution in [-0.4, -0.2) is 69.9 Å². The standard InChI is InChI=1S/C14H15N3O.3C2HF3O2/c15-12-3-1-2-10(8-12)13-5-4-11-9-16-6-7-18-14(11)17-13;3*3-2(4,5)1(6)7/h1-5,8,16H,6-7,9,15H2;3*(H,6,7). The number of carboxylic acid groups (broad SMARTS) is 3. The van der Waals surface area contributed by atoms with E-state index in [9.17, 15) is 39.5 Å². The number of fused-ring (bicyclic) bond motifs is 1. The number of rotatable bonds is 1. The van der Waals surface area contributed by atoms with Crippen LogP contribution in [0, 0.1) is 0 Å². The van der Waals surface area contributed by atoms with Crippen molar-refractivity contribution in [3.8, 4) is 17.1 Å². The topological polar surface area (TPSA) is 172 Å². The molecule has 0 bridgehead atoms. The average Bonchev–Trinajstić information content (AvgIpc) is 3.03. The smallest absolute Gasteiger partial charge is 0.476 e. The Morgan fingerprint density at radius 2 is 1.28 bits per heavy atom. The first-order valence-corrected chi connectivity index (χ1v) is 9.76. The van der Waals surface area contributed by atoms with Gasteiger partial charge < -0.3 is 31.1 Å². The van der Waals surface area contributed by atoms with Gasteiger partial charge in [-0.15, -0.1) is 0 Å². The number of nitrogens with one attached hydrogen (secondary N) is 1. The van der Waals surface area contributed by atoms with Gasteiger partial charge in [0.2, 0.25) is 5.88 Å². The SMILES string of the molecule is Nc1cccc(-c2ccc3c(n2)OCCNC3)c1.O=C(O)C(F)(F)F.O=C(O)C(F)(F)F.O=C(O)C(F)(F)F. The molecule has 2 aromatic rings. The van der Waals surface area contributed by atoms with Crippen LogP contribution in [0.1, 0.15) is 5.56 Å². The van der Waals surface area contributed by atoms with Gasteiger partial charge >= 0.3 is 36.4 Å². The van der Waals surface area contributed by atoms with Crippen molar-refractivity contribution < 1.29 is 74.0 Å². The molecule has 39 heavy (non-hydrogen) atoms. The van der Waals surface area contributed by atoms with Crippen LogP contribution in [0.5, 0.6) is 5.88 Å². The summed E-state index contributed by atoms with van der Waals surface area (Å²) >= 11 is 0. The normalized spacial score (nSPS) is 12.7. The Hall–Kier alpha value is -4.29. The fourth-order valence-corrected chi connectivity index (χ4v) is 2.03. The number of aliphatic carboxylic acids is 3. The van der Waals surface area contributed by atoms with Gasteiger partial charge in [-0.25, -0.2) is 19.4 Å². The Morgan fingerprint density at radius 1 is 0.821 bits per heavy atom. The molecule has 3 rings (SSSR count). The molecule has 0 spiro atoms. The summed E-state index contributed by atoms with van der Waals surface area (Å²) in [5.41, 5.74) is 9.53. The third-order valence-corrected chi connectivity index (χ3v) is 3.68. The molecule has 10 nitrogen and oxygen atoms in total. The zero-order valence-corrected chi connectivity index (χ0v) is 19.0. The van der Waals surface area contributed by atoms with Crippen molar-refractivity contribution in [3.05, 3.63) is 42.0 Å². The molecule has 0 amide bonds. The van der Waals surface area contributed by atoms with E-state index in [-0.39, 0.29) is 0 Å². The van der Waals surface area contributed by atoms with Crippen molar-refractivity contribution in [3.63, 3.8) is 0 Å². The van der Waals surface area contributed by atoms with E-state index in [2.05, 4.69) is 16.4 Å². The van der Waals surface area contributed by atoms with Gasteiger partial charge in [0.15, 0.2) is 0 Å². The van der Waals surface area contributed by atoms with Crippen molar-refractivity contribution in [2.45, 2.75) is 25.1 Å². The second-order valence-electron chi connectivity index (χ2n) is 6.72. The maximum atomic E-state index is 10.6. The first-order chi connectivity index (χ1) is 17.7. The Labute approximate surface area is 211 Å². The number of anilines is 1. The minimum absolute atomic E-state index is 0.653. The molecule has 1 aliphatic rings. The summed E-state index contributed by atoms with van der Waals surface area (Å²) in [6, 6.07) is 11.8. The van der Waals surface area contributed by atoms with Gasteiger partial charge in [0.25, 0.3) is 0 Å². The number of benzene rings is 1. The van der Waals surface area contributed by atoms with E-state index in [4.69, 9.17) is 40.2 Å². The maximum absolute atomic E-state index is 10.6. The molecule has 0 aliphatic carbocycles. The lowest BCUT2D eigenvalue weighted by Crippen LogP contribution is -2.21. The highest BCUT2D eigenvalue weighted by atomic mass is 19.4. The Balaban J connectivity index is 0.000000576. The number of halogens is 9. The Morgan fingerprint density at radius 3 is 1.69 bits per heavy atom. The highest BCUT2D eigenvalue weighted by Gasteiger charge is 2.39. The van der Waals surface area contributed by atoms with E-state index < -0.39 is 36.4 Å². The zero-order valence-electron chi connectivity index (χ0n) is 19.0. The van der Waals surface area contributed by atoms with Crippen molar-refractivity contribution in [1.82, 2.24) is 10.3 Å². The Kier molecular flexibility index (Phi) is 13.0. The van der Waals surface area contributed by atoms with E-state index in [0.29, 0.717) is 6.61 Å². The number of carbonyl (C=O) groups is 3. The third kappa shape index (κ3) is 14.3. The predicted molar refractivity (Wildman–Crippen MR) is 112 cm³/mol. The molecule has 0 fully saturated rings. The summed E-state index contributed by atoms with van der Waals surface area (Å²) in [6.07, 6.45) is -15.3. The van der Waals surface area contributed by atoms with Gasteiger partial charge in [-0.1, -0.05) is 18.2 Å². The van der Waals surface area contributed by atoms with Gasteiger partial charge in [0.1, 0.15) is 6.61 Å². The maximum Gasteiger partial charge on any atom is 0.490 e. The summed E-state index contributed by atoms with van der Waals surface area (Å²) in [5.74, 6) is -7.55. The molecular weight excluding hydrogens is 565 g/mol. The minimum atomic E-state index is -5.08. The number of nitrogens with zero attached hydrogens (tertiary/aromatic N) is 1. The molecule has 0 radical (unpaired) electrons. The number of nitrogen functional groups attached to an aromatic ring is 1. The van der Waals surface area contributed by atoms with Crippen LogP contribution in [0.25, 0.3) is 11.3 Å². The molecule has 1 aromatic heterocycles. The van der Waals surface area contributed by atoms with Crippen LogP contribution < -0.4 is 15.8 Å². The number of pyridine rings is 1. The highest BCUT2D eigenvalue weighted by molar-refractivity contribution is 5.73. The number of carboxylic acids is 3.